The Balaban J connectivity index is 1.64. The van der Waals surface area contributed by atoms with Crippen molar-refractivity contribution in [3.05, 3.63) is 72.3 Å². The van der Waals surface area contributed by atoms with Crippen LogP contribution in [0.25, 0.3) is 0 Å². The number of amides is 2. The summed E-state index contributed by atoms with van der Waals surface area (Å²) in [5.41, 5.74) is 2.50. The molecule has 0 radical (unpaired) electrons. The number of anilines is 1. The Bertz CT molecular complexity index is 856. The van der Waals surface area contributed by atoms with Gasteiger partial charge in [-0.15, -0.1) is 0 Å². The summed E-state index contributed by atoms with van der Waals surface area (Å²) in [5, 5.41) is 5.79. The number of methoxy groups -OCH3 is 1. The van der Waals surface area contributed by atoms with Gasteiger partial charge in [0.05, 0.1) is 13.5 Å². The molecule has 5 heteroatoms. The largest absolute Gasteiger partial charge is 0.496 e. The first-order valence-corrected chi connectivity index (χ1v) is 8.99. The molecule has 0 atom stereocenters. The molecule has 0 bridgehead atoms. The molecule has 0 aromatic heterocycles. The maximum atomic E-state index is 12.5. The molecule has 1 fully saturated rings. The van der Waals surface area contributed by atoms with Gasteiger partial charge in [-0.2, -0.15) is 0 Å². The topological polar surface area (TPSA) is 67.4 Å². The number of para-hydroxylation sites is 2. The molecular formula is C22H24N2O3. The van der Waals surface area contributed by atoms with Crippen LogP contribution in [-0.2, 0) is 21.4 Å². The maximum Gasteiger partial charge on any atom is 0.247 e. The molecular weight excluding hydrogens is 340 g/mol. The first kappa shape index (κ1) is 18.7. The Labute approximate surface area is 159 Å². The second-order valence-corrected chi connectivity index (χ2v) is 6.78. The zero-order valence-corrected chi connectivity index (χ0v) is 15.5. The Morgan fingerprint density at radius 1 is 1.15 bits per heavy atom. The molecule has 1 saturated carbocycles. The summed E-state index contributed by atoms with van der Waals surface area (Å²) in [6, 6.07) is 15.3. The van der Waals surface area contributed by atoms with E-state index in [1.807, 2.05) is 36.4 Å². The molecule has 3 rings (SSSR count). The maximum absolute atomic E-state index is 12.5. The van der Waals surface area contributed by atoms with Gasteiger partial charge in [-0.1, -0.05) is 43.0 Å². The van der Waals surface area contributed by atoms with Crippen molar-refractivity contribution in [1.82, 2.24) is 5.32 Å². The van der Waals surface area contributed by atoms with Crippen molar-refractivity contribution in [3.8, 4) is 5.75 Å². The highest BCUT2D eigenvalue weighted by Gasteiger charge is 2.46. The van der Waals surface area contributed by atoms with Gasteiger partial charge in [-0.3, -0.25) is 9.59 Å². The van der Waals surface area contributed by atoms with Crippen LogP contribution < -0.4 is 15.4 Å². The van der Waals surface area contributed by atoms with Crippen molar-refractivity contribution in [2.45, 2.75) is 24.7 Å². The number of nitrogens with one attached hydrogen (secondary N) is 2. The average Bonchev–Trinajstić information content (AvgIpc) is 3.49. The number of carbonyl (C=O) groups is 2. The van der Waals surface area contributed by atoms with Gasteiger partial charge in [-0.25, -0.2) is 0 Å². The van der Waals surface area contributed by atoms with E-state index in [9.17, 15) is 9.59 Å². The van der Waals surface area contributed by atoms with Crippen molar-refractivity contribution < 1.29 is 14.3 Å². The van der Waals surface area contributed by atoms with Gasteiger partial charge in [-0.05, 0) is 36.6 Å². The van der Waals surface area contributed by atoms with Crippen LogP contribution >= 0.6 is 0 Å². The fraction of sp³-hybridized carbons (Fsp3) is 0.273. The predicted octanol–water partition coefficient (Wildman–Crippen LogP) is 3.21. The first-order valence-electron chi connectivity index (χ1n) is 8.99. The molecule has 0 saturated heterocycles. The molecule has 0 aliphatic heterocycles. The second-order valence-electron chi connectivity index (χ2n) is 6.78. The average molecular weight is 364 g/mol. The Kier molecular flexibility index (Phi) is 5.60. The standard InChI is InChI=1S/C22H24N2O3/c1-3-20(25)24-18-10-6-4-8-16(18)14-21(26)23-15-22(12-13-22)17-9-5-7-11-19(17)27-2/h3-11H,1,12-15H2,2H3,(H,23,26)(H,24,25). The number of ether oxygens (including phenoxy) is 1. The van der Waals surface area contributed by atoms with E-state index in [1.54, 1.807) is 13.2 Å². The van der Waals surface area contributed by atoms with Crippen molar-refractivity contribution in [1.29, 1.82) is 0 Å². The van der Waals surface area contributed by atoms with E-state index in [2.05, 4.69) is 23.3 Å². The number of hydrogen-bond donors (Lipinski definition) is 2. The molecule has 2 N–H and O–H groups in total. The highest BCUT2D eigenvalue weighted by molar-refractivity contribution is 5.99. The van der Waals surface area contributed by atoms with E-state index in [-0.39, 0.29) is 23.7 Å². The molecule has 1 aliphatic rings. The molecule has 27 heavy (non-hydrogen) atoms. The Hall–Kier alpha value is -3.08. The van der Waals surface area contributed by atoms with Crippen molar-refractivity contribution in [2.24, 2.45) is 0 Å². The van der Waals surface area contributed by atoms with Crippen LogP contribution in [-0.4, -0.2) is 25.5 Å². The molecule has 5 nitrogen and oxygen atoms in total. The Morgan fingerprint density at radius 2 is 1.85 bits per heavy atom. The number of carbonyl (C=O) groups excluding carboxylic acids is 2. The Morgan fingerprint density at radius 3 is 2.56 bits per heavy atom. The van der Waals surface area contributed by atoms with Gasteiger partial charge >= 0.3 is 0 Å². The lowest BCUT2D eigenvalue weighted by Crippen LogP contribution is -2.33. The van der Waals surface area contributed by atoms with Crippen LogP contribution in [0.2, 0.25) is 0 Å². The minimum Gasteiger partial charge on any atom is -0.496 e. The summed E-state index contributed by atoms with van der Waals surface area (Å²) in [6.07, 6.45) is 3.47. The number of rotatable bonds is 8. The lowest BCUT2D eigenvalue weighted by Gasteiger charge is -2.19. The van der Waals surface area contributed by atoms with Gasteiger partial charge in [0.15, 0.2) is 0 Å². The zero-order valence-electron chi connectivity index (χ0n) is 15.5. The van der Waals surface area contributed by atoms with E-state index < -0.39 is 0 Å². The fourth-order valence-electron chi connectivity index (χ4n) is 3.26. The third-order valence-corrected chi connectivity index (χ3v) is 4.97. The van der Waals surface area contributed by atoms with Gasteiger partial charge in [0.1, 0.15) is 5.75 Å². The van der Waals surface area contributed by atoms with E-state index in [0.717, 1.165) is 29.7 Å². The van der Waals surface area contributed by atoms with Gasteiger partial charge < -0.3 is 15.4 Å². The van der Waals surface area contributed by atoms with E-state index >= 15 is 0 Å². The monoisotopic (exact) mass is 364 g/mol. The van der Waals surface area contributed by atoms with E-state index in [1.165, 1.54) is 6.08 Å². The zero-order chi connectivity index (χ0) is 19.3. The SMILES string of the molecule is C=CC(=O)Nc1ccccc1CC(=O)NCC1(c2ccccc2OC)CC1. The van der Waals surface area contributed by atoms with Crippen molar-refractivity contribution >= 4 is 17.5 Å². The van der Waals surface area contributed by atoms with Crippen molar-refractivity contribution in [2.75, 3.05) is 19.0 Å². The first-order chi connectivity index (χ1) is 13.1. The molecule has 2 amide bonds. The molecule has 1 aliphatic carbocycles. The summed E-state index contributed by atoms with van der Waals surface area (Å²) in [4.78, 5) is 24.1. The van der Waals surface area contributed by atoms with E-state index in [4.69, 9.17) is 4.74 Å². The third-order valence-electron chi connectivity index (χ3n) is 4.97. The van der Waals surface area contributed by atoms with Crippen LogP contribution in [0, 0.1) is 0 Å². The number of hydrogen-bond acceptors (Lipinski definition) is 3. The van der Waals surface area contributed by atoms with Crippen LogP contribution in [0.3, 0.4) is 0 Å². The van der Waals surface area contributed by atoms with Crippen LogP contribution in [0.1, 0.15) is 24.0 Å². The normalized spacial score (nSPS) is 14.1. The van der Waals surface area contributed by atoms with E-state index in [0.29, 0.717) is 12.2 Å². The minimum absolute atomic E-state index is 0.0428. The fourth-order valence-corrected chi connectivity index (χ4v) is 3.26. The molecule has 2 aromatic carbocycles. The summed E-state index contributed by atoms with van der Waals surface area (Å²) in [7, 11) is 1.67. The third kappa shape index (κ3) is 4.37. The number of benzene rings is 2. The second kappa shape index (κ2) is 8.08. The van der Waals surface area contributed by atoms with Crippen molar-refractivity contribution in [3.63, 3.8) is 0 Å². The van der Waals surface area contributed by atoms with Crippen LogP contribution in [0.5, 0.6) is 5.75 Å². The van der Waals surface area contributed by atoms with Gasteiger partial charge in [0.2, 0.25) is 11.8 Å². The minimum atomic E-state index is -0.295. The molecule has 2 aromatic rings. The highest BCUT2D eigenvalue weighted by Crippen LogP contribution is 2.50. The van der Waals surface area contributed by atoms with Gasteiger partial charge in [0.25, 0.3) is 0 Å². The quantitative estimate of drug-likeness (QED) is 0.707. The smallest absolute Gasteiger partial charge is 0.247 e. The summed E-state index contributed by atoms with van der Waals surface area (Å²) in [6.45, 7) is 4.03. The van der Waals surface area contributed by atoms with Crippen LogP contribution in [0.4, 0.5) is 5.69 Å². The molecule has 0 unspecified atom stereocenters. The summed E-state index contributed by atoms with van der Waals surface area (Å²) < 4.78 is 5.48. The highest BCUT2D eigenvalue weighted by atomic mass is 16.5. The predicted molar refractivity (Wildman–Crippen MR) is 106 cm³/mol. The molecule has 0 spiro atoms. The van der Waals surface area contributed by atoms with Crippen LogP contribution in [0.15, 0.2) is 61.2 Å². The summed E-state index contributed by atoms with van der Waals surface area (Å²) in [5.74, 6) is 0.495. The molecule has 140 valence electrons. The summed E-state index contributed by atoms with van der Waals surface area (Å²) >= 11 is 0. The lowest BCUT2D eigenvalue weighted by atomic mass is 9.94. The van der Waals surface area contributed by atoms with Gasteiger partial charge in [0, 0.05) is 23.2 Å². The molecule has 0 heterocycles. The lowest BCUT2D eigenvalue weighted by molar-refractivity contribution is -0.120.